The minimum absolute atomic E-state index is 0.0763. The number of phenols is 1. The van der Waals surface area contributed by atoms with Crippen LogP contribution in [0.2, 0.25) is 0 Å². The molecule has 1 aromatic carbocycles. The summed E-state index contributed by atoms with van der Waals surface area (Å²) in [4.78, 5) is 11.3. The molecule has 2 N–H and O–H groups in total. The van der Waals surface area contributed by atoms with Crippen molar-refractivity contribution in [3.05, 3.63) is 23.3 Å². The Kier molecular flexibility index (Phi) is 2.62. The van der Waals surface area contributed by atoms with Crippen molar-refractivity contribution in [1.29, 1.82) is 0 Å². The molecule has 0 bridgehead atoms. The second-order valence-corrected chi connectivity index (χ2v) is 5.00. The second-order valence-electron chi connectivity index (χ2n) is 5.00. The van der Waals surface area contributed by atoms with Crippen LogP contribution in [0, 0.1) is 0 Å². The first-order valence-corrected chi connectivity index (χ1v) is 5.55. The number of phenolic OH excluding ortho intramolecular Hbond substituents is 1. The van der Waals surface area contributed by atoms with Gasteiger partial charge in [0.25, 0.3) is 0 Å². The Hall–Kier alpha value is -1.55. The third kappa shape index (κ3) is 2.13. The number of rotatable bonds is 2. The average molecular weight is 236 g/mol. The minimum atomic E-state index is -0.953. The summed E-state index contributed by atoms with van der Waals surface area (Å²) in [7, 11) is 0. The van der Waals surface area contributed by atoms with E-state index in [1.807, 2.05) is 0 Å². The number of Topliss-reactive ketones (excluding diaryl/α,β-unsaturated/α-hetero) is 1. The Bertz CT molecular complexity index is 471. The lowest BCUT2D eigenvalue weighted by molar-refractivity contribution is -0.0230. The number of hydrogen-bond donors (Lipinski definition) is 2. The van der Waals surface area contributed by atoms with E-state index in [0.29, 0.717) is 17.7 Å². The van der Waals surface area contributed by atoms with Crippen molar-refractivity contribution < 1.29 is 19.7 Å². The third-order valence-electron chi connectivity index (χ3n) is 3.02. The van der Waals surface area contributed by atoms with E-state index >= 15 is 0 Å². The van der Waals surface area contributed by atoms with Crippen molar-refractivity contribution in [2.24, 2.45) is 0 Å². The smallest absolute Gasteiger partial charge is 0.163 e. The Morgan fingerprint density at radius 2 is 2.12 bits per heavy atom. The van der Waals surface area contributed by atoms with E-state index in [1.54, 1.807) is 19.9 Å². The van der Waals surface area contributed by atoms with Crippen molar-refractivity contribution in [3.8, 4) is 11.5 Å². The fraction of sp³-hybridized carbons (Fsp3) is 0.462. The maximum atomic E-state index is 11.3. The van der Waals surface area contributed by atoms with E-state index in [9.17, 15) is 15.0 Å². The van der Waals surface area contributed by atoms with Crippen LogP contribution in [0.1, 0.15) is 36.7 Å². The van der Waals surface area contributed by atoms with Gasteiger partial charge in [0.05, 0.1) is 11.2 Å². The molecule has 0 amide bonds. The fourth-order valence-corrected chi connectivity index (χ4v) is 1.95. The van der Waals surface area contributed by atoms with Gasteiger partial charge in [-0.2, -0.15) is 0 Å². The van der Waals surface area contributed by atoms with Crippen molar-refractivity contribution in [3.63, 3.8) is 0 Å². The topological polar surface area (TPSA) is 66.8 Å². The molecular weight excluding hydrogens is 220 g/mol. The van der Waals surface area contributed by atoms with Crippen molar-refractivity contribution in [2.75, 3.05) is 0 Å². The maximum absolute atomic E-state index is 11.3. The van der Waals surface area contributed by atoms with Gasteiger partial charge in [-0.1, -0.05) is 0 Å². The Balaban J connectivity index is 2.37. The molecule has 0 aliphatic carbocycles. The number of fused-ring (bicyclic) bond motifs is 1. The number of ketones is 1. The highest BCUT2D eigenvalue weighted by molar-refractivity contribution is 5.97. The summed E-state index contributed by atoms with van der Waals surface area (Å²) in [6.45, 7) is 4.76. The fourth-order valence-electron chi connectivity index (χ4n) is 1.95. The van der Waals surface area contributed by atoms with Crippen LogP contribution in [0.25, 0.3) is 0 Å². The van der Waals surface area contributed by atoms with Crippen molar-refractivity contribution in [1.82, 2.24) is 0 Å². The number of aromatic hydroxyl groups is 1. The van der Waals surface area contributed by atoms with Gasteiger partial charge in [-0.05, 0) is 32.4 Å². The lowest BCUT2D eigenvalue weighted by atomic mass is 9.96. The molecule has 4 heteroatoms. The van der Waals surface area contributed by atoms with Gasteiger partial charge in [-0.25, -0.2) is 0 Å². The molecule has 0 unspecified atom stereocenters. The van der Waals surface area contributed by atoms with Gasteiger partial charge in [0.15, 0.2) is 5.78 Å². The summed E-state index contributed by atoms with van der Waals surface area (Å²) >= 11 is 0. The summed E-state index contributed by atoms with van der Waals surface area (Å²) < 4.78 is 5.57. The summed E-state index contributed by atoms with van der Waals surface area (Å²) in [5.41, 5.74) is 0.189. The first-order chi connectivity index (χ1) is 7.79. The molecule has 0 saturated carbocycles. The monoisotopic (exact) mass is 236 g/mol. The largest absolute Gasteiger partial charge is 0.507 e. The average Bonchev–Trinajstić information content (AvgIpc) is 2.58. The van der Waals surface area contributed by atoms with Crippen LogP contribution in [0.4, 0.5) is 0 Å². The quantitative estimate of drug-likeness (QED) is 0.766. The zero-order valence-electron chi connectivity index (χ0n) is 10.2. The summed E-state index contributed by atoms with van der Waals surface area (Å²) in [6.07, 6.45) is 0.193. The predicted molar refractivity (Wildman–Crippen MR) is 62.5 cm³/mol. The van der Waals surface area contributed by atoms with Gasteiger partial charge >= 0.3 is 0 Å². The van der Waals surface area contributed by atoms with Crippen LogP contribution in [0.5, 0.6) is 11.5 Å². The van der Waals surface area contributed by atoms with Gasteiger partial charge in [0, 0.05) is 12.5 Å². The number of ether oxygens (including phenoxy) is 1. The molecule has 17 heavy (non-hydrogen) atoms. The SMILES string of the molecule is CC(=O)c1cc2c(cc1O)O[C@H](C(C)(C)O)C2. The molecule has 92 valence electrons. The highest BCUT2D eigenvalue weighted by atomic mass is 16.5. The van der Waals surface area contributed by atoms with Crippen LogP contribution < -0.4 is 4.74 Å². The zero-order chi connectivity index (χ0) is 12.8. The van der Waals surface area contributed by atoms with Gasteiger partial charge in [0.1, 0.15) is 17.6 Å². The number of benzene rings is 1. The van der Waals surface area contributed by atoms with Crippen LogP contribution in [0.3, 0.4) is 0 Å². The molecule has 0 spiro atoms. The van der Waals surface area contributed by atoms with Gasteiger partial charge < -0.3 is 14.9 Å². The van der Waals surface area contributed by atoms with Crippen LogP contribution >= 0.6 is 0 Å². The Labute approximate surface area is 99.8 Å². The lowest BCUT2D eigenvalue weighted by Crippen LogP contribution is -2.39. The standard InChI is InChI=1S/C13H16O4/c1-7(14)9-4-8-5-12(13(2,3)16)17-11(8)6-10(9)15/h4,6,12,15-16H,5H2,1-3H3/t12-/m0/s1. The van der Waals surface area contributed by atoms with Gasteiger partial charge in [-0.15, -0.1) is 0 Å². The maximum Gasteiger partial charge on any atom is 0.163 e. The second kappa shape index (κ2) is 3.74. The number of carbonyl (C=O) groups is 1. The zero-order valence-corrected chi connectivity index (χ0v) is 10.2. The van der Waals surface area contributed by atoms with E-state index in [1.165, 1.54) is 13.0 Å². The molecule has 0 saturated heterocycles. The molecule has 1 heterocycles. The Morgan fingerprint density at radius 1 is 1.47 bits per heavy atom. The molecule has 0 aromatic heterocycles. The molecule has 1 atom stereocenters. The normalized spacial score (nSPS) is 18.7. The summed E-state index contributed by atoms with van der Waals surface area (Å²) in [6, 6.07) is 3.08. The number of hydrogen-bond acceptors (Lipinski definition) is 4. The molecule has 1 aromatic rings. The van der Waals surface area contributed by atoms with E-state index in [2.05, 4.69) is 0 Å². The minimum Gasteiger partial charge on any atom is -0.507 e. The van der Waals surface area contributed by atoms with Crippen molar-refractivity contribution in [2.45, 2.75) is 38.9 Å². The summed E-state index contributed by atoms with van der Waals surface area (Å²) in [5, 5.41) is 19.6. The van der Waals surface area contributed by atoms with Crippen LogP contribution in [0.15, 0.2) is 12.1 Å². The predicted octanol–water partition coefficient (Wildman–Crippen LogP) is 1.67. The first kappa shape index (κ1) is 11.9. The highest BCUT2D eigenvalue weighted by Crippen LogP contribution is 2.37. The lowest BCUT2D eigenvalue weighted by Gasteiger charge is -2.24. The molecule has 0 fully saturated rings. The molecule has 1 aliphatic heterocycles. The third-order valence-corrected chi connectivity index (χ3v) is 3.02. The molecule has 0 radical (unpaired) electrons. The van der Waals surface area contributed by atoms with Crippen molar-refractivity contribution >= 4 is 5.78 Å². The molecule has 4 nitrogen and oxygen atoms in total. The van der Waals surface area contributed by atoms with E-state index < -0.39 is 5.60 Å². The molecule has 2 rings (SSSR count). The number of aliphatic hydroxyl groups is 1. The number of carbonyl (C=O) groups excluding carboxylic acids is 1. The molecule has 1 aliphatic rings. The molecular formula is C13H16O4. The van der Waals surface area contributed by atoms with Crippen LogP contribution in [-0.2, 0) is 6.42 Å². The first-order valence-electron chi connectivity index (χ1n) is 5.55. The van der Waals surface area contributed by atoms with Gasteiger partial charge in [-0.3, -0.25) is 4.79 Å². The highest BCUT2D eigenvalue weighted by Gasteiger charge is 2.35. The van der Waals surface area contributed by atoms with E-state index in [4.69, 9.17) is 4.74 Å². The summed E-state index contributed by atoms with van der Waals surface area (Å²) in [5.74, 6) is 0.282. The van der Waals surface area contributed by atoms with E-state index in [-0.39, 0.29) is 17.6 Å². The van der Waals surface area contributed by atoms with E-state index in [0.717, 1.165) is 5.56 Å². The van der Waals surface area contributed by atoms with Crippen LogP contribution in [-0.4, -0.2) is 27.7 Å². The Morgan fingerprint density at radius 3 is 2.65 bits per heavy atom. The van der Waals surface area contributed by atoms with Gasteiger partial charge in [0.2, 0.25) is 0 Å².